The maximum atomic E-state index is 13.3. The van der Waals surface area contributed by atoms with E-state index in [1.165, 1.54) is 12.1 Å². The lowest BCUT2D eigenvalue weighted by atomic mass is 10.2. The lowest BCUT2D eigenvalue weighted by molar-refractivity contribution is 0.414. The highest BCUT2D eigenvalue weighted by Gasteiger charge is 2.05. The summed E-state index contributed by atoms with van der Waals surface area (Å²) in [6.45, 7) is 0.673. The smallest absolute Gasteiger partial charge is 0.127 e. The van der Waals surface area contributed by atoms with Gasteiger partial charge in [0.1, 0.15) is 11.6 Å². The molecule has 0 radical (unpaired) electrons. The number of nitrogens with zero attached hydrogens (tertiary/aromatic N) is 1. The van der Waals surface area contributed by atoms with Crippen LogP contribution in [0.2, 0.25) is 0 Å². The normalized spacial score (nSPS) is 10.3. The quantitative estimate of drug-likeness (QED) is 0.859. The van der Waals surface area contributed by atoms with Crippen LogP contribution in [0.1, 0.15) is 5.56 Å². The van der Waals surface area contributed by atoms with Crippen LogP contribution < -0.4 is 15.4 Å². The Labute approximate surface area is 112 Å². The Bertz CT molecular complexity index is 534. The highest BCUT2D eigenvalue weighted by atomic mass is 19.1. The van der Waals surface area contributed by atoms with Gasteiger partial charge in [0.15, 0.2) is 0 Å². The summed E-state index contributed by atoms with van der Waals surface area (Å²) in [5.74, 6) is 0.498. The van der Waals surface area contributed by atoms with Crippen molar-refractivity contribution in [3.63, 3.8) is 0 Å². The van der Waals surface area contributed by atoms with Crippen LogP contribution in [0.5, 0.6) is 5.75 Å². The van der Waals surface area contributed by atoms with Crippen LogP contribution in [0.25, 0.3) is 0 Å². The van der Waals surface area contributed by atoms with Crippen molar-refractivity contribution in [2.24, 2.45) is 0 Å². The molecular formula is C15H17FN2O. The van der Waals surface area contributed by atoms with Crippen LogP contribution in [0.4, 0.5) is 15.8 Å². The Morgan fingerprint density at radius 3 is 2.42 bits per heavy atom. The SMILES string of the molecule is COc1ccc(CN(C)c2cc(N)cc(F)c2)cc1. The summed E-state index contributed by atoms with van der Waals surface area (Å²) in [5, 5.41) is 0. The molecule has 0 heterocycles. The fourth-order valence-corrected chi connectivity index (χ4v) is 1.91. The Morgan fingerprint density at radius 1 is 1.16 bits per heavy atom. The first-order valence-electron chi connectivity index (χ1n) is 5.98. The third-order valence-corrected chi connectivity index (χ3v) is 2.92. The maximum absolute atomic E-state index is 13.3. The van der Waals surface area contributed by atoms with Crippen molar-refractivity contribution < 1.29 is 9.13 Å². The van der Waals surface area contributed by atoms with Crippen molar-refractivity contribution >= 4 is 11.4 Å². The van der Waals surface area contributed by atoms with Gasteiger partial charge in [-0.2, -0.15) is 0 Å². The van der Waals surface area contributed by atoms with E-state index in [0.29, 0.717) is 12.2 Å². The fourth-order valence-electron chi connectivity index (χ4n) is 1.91. The average Bonchev–Trinajstić information content (AvgIpc) is 2.38. The zero-order chi connectivity index (χ0) is 13.8. The molecule has 4 heteroatoms. The Morgan fingerprint density at radius 2 is 1.84 bits per heavy atom. The number of ether oxygens (including phenoxy) is 1. The standard InChI is InChI=1S/C15H17FN2O/c1-18(14-8-12(16)7-13(17)9-14)10-11-3-5-15(19-2)6-4-11/h3-9H,10,17H2,1-2H3. The van der Waals surface area contributed by atoms with Gasteiger partial charge in [0, 0.05) is 25.0 Å². The monoisotopic (exact) mass is 260 g/mol. The van der Waals surface area contributed by atoms with Crippen molar-refractivity contribution in [1.29, 1.82) is 0 Å². The van der Waals surface area contributed by atoms with Crippen molar-refractivity contribution in [1.82, 2.24) is 0 Å². The molecule has 0 unspecified atom stereocenters. The fraction of sp³-hybridized carbons (Fsp3) is 0.200. The third-order valence-electron chi connectivity index (χ3n) is 2.92. The number of hydrogen-bond donors (Lipinski definition) is 1. The van der Waals surface area contributed by atoms with E-state index in [1.54, 1.807) is 13.2 Å². The topological polar surface area (TPSA) is 38.5 Å². The van der Waals surface area contributed by atoms with Gasteiger partial charge >= 0.3 is 0 Å². The van der Waals surface area contributed by atoms with Crippen LogP contribution in [-0.2, 0) is 6.54 Å². The van der Waals surface area contributed by atoms with E-state index >= 15 is 0 Å². The first-order chi connectivity index (χ1) is 9.08. The molecule has 0 saturated heterocycles. The van der Waals surface area contributed by atoms with Crippen LogP contribution in [0.15, 0.2) is 42.5 Å². The number of rotatable bonds is 4. The molecule has 0 fully saturated rings. The van der Waals surface area contributed by atoms with Gasteiger partial charge in [-0.25, -0.2) is 4.39 Å². The van der Waals surface area contributed by atoms with E-state index in [0.717, 1.165) is 17.0 Å². The molecule has 3 nitrogen and oxygen atoms in total. The van der Waals surface area contributed by atoms with E-state index in [9.17, 15) is 4.39 Å². The van der Waals surface area contributed by atoms with E-state index < -0.39 is 0 Å². The molecule has 0 atom stereocenters. The Kier molecular flexibility index (Phi) is 3.90. The van der Waals surface area contributed by atoms with E-state index in [1.807, 2.05) is 36.2 Å². The molecule has 0 amide bonds. The van der Waals surface area contributed by atoms with Gasteiger partial charge in [-0.15, -0.1) is 0 Å². The molecule has 2 aromatic carbocycles. The highest BCUT2D eigenvalue weighted by Crippen LogP contribution is 2.21. The number of benzene rings is 2. The molecule has 0 aliphatic heterocycles. The summed E-state index contributed by atoms with van der Waals surface area (Å²) in [5.41, 5.74) is 7.95. The summed E-state index contributed by atoms with van der Waals surface area (Å²) >= 11 is 0. The van der Waals surface area contributed by atoms with Gasteiger partial charge in [0.05, 0.1) is 7.11 Å². The first kappa shape index (κ1) is 13.2. The second-order valence-corrected chi connectivity index (χ2v) is 4.45. The third kappa shape index (κ3) is 3.37. The lowest BCUT2D eigenvalue weighted by Crippen LogP contribution is -2.16. The second-order valence-electron chi connectivity index (χ2n) is 4.45. The van der Waals surface area contributed by atoms with Crippen molar-refractivity contribution in [3.8, 4) is 5.75 Å². The molecule has 0 spiro atoms. The summed E-state index contributed by atoms with van der Waals surface area (Å²) in [4.78, 5) is 1.95. The van der Waals surface area contributed by atoms with Gasteiger partial charge in [-0.05, 0) is 35.9 Å². The minimum absolute atomic E-state index is 0.323. The molecule has 0 bridgehead atoms. The highest BCUT2D eigenvalue weighted by molar-refractivity contribution is 5.56. The predicted octanol–water partition coefficient (Wildman–Crippen LogP) is 3.05. The number of nitrogen functional groups attached to an aromatic ring is 1. The van der Waals surface area contributed by atoms with E-state index in [2.05, 4.69) is 0 Å². The van der Waals surface area contributed by atoms with E-state index in [-0.39, 0.29) is 5.82 Å². The number of hydrogen-bond acceptors (Lipinski definition) is 3. The van der Waals surface area contributed by atoms with Crippen molar-refractivity contribution in [2.45, 2.75) is 6.54 Å². The van der Waals surface area contributed by atoms with Crippen molar-refractivity contribution in [2.75, 3.05) is 24.8 Å². The summed E-state index contributed by atoms with van der Waals surface area (Å²) < 4.78 is 18.4. The number of nitrogens with two attached hydrogens (primary N) is 1. The van der Waals surface area contributed by atoms with Crippen LogP contribution in [0, 0.1) is 5.82 Å². The number of anilines is 2. The second kappa shape index (κ2) is 5.61. The minimum atomic E-state index is -0.323. The molecule has 2 rings (SSSR count). The molecule has 0 aromatic heterocycles. The largest absolute Gasteiger partial charge is 0.497 e. The van der Waals surface area contributed by atoms with Gasteiger partial charge in [0.25, 0.3) is 0 Å². The number of halogens is 1. The predicted molar refractivity (Wildman–Crippen MR) is 75.9 cm³/mol. The molecule has 2 N–H and O–H groups in total. The molecule has 0 aliphatic carbocycles. The summed E-state index contributed by atoms with van der Waals surface area (Å²) in [6, 6.07) is 12.3. The molecule has 2 aromatic rings. The van der Waals surface area contributed by atoms with Gasteiger partial charge in [-0.3, -0.25) is 0 Å². The molecule has 19 heavy (non-hydrogen) atoms. The summed E-state index contributed by atoms with van der Waals surface area (Å²) in [7, 11) is 3.54. The molecule has 0 aliphatic rings. The average molecular weight is 260 g/mol. The summed E-state index contributed by atoms with van der Waals surface area (Å²) in [6.07, 6.45) is 0. The van der Waals surface area contributed by atoms with Gasteiger partial charge < -0.3 is 15.4 Å². The zero-order valence-corrected chi connectivity index (χ0v) is 11.1. The maximum Gasteiger partial charge on any atom is 0.127 e. The molecule has 100 valence electrons. The molecular weight excluding hydrogens is 243 g/mol. The first-order valence-corrected chi connectivity index (χ1v) is 5.98. The molecule has 0 saturated carbocycles. The van der Waals surface area contributed by atoms with Crippen LogP contribution >= 0.6 is 0 Å². The van der Waals surface area contributed by atoms with Gasteiger partial charge in [-0.1, -0.05) is 12.1 Å². The Balaban J connectivity index is 2.13. The van der Waals surface area contributed by atoms with Crippen LogP contribution in [0.3, 0.4) is 0 Å². The Hall–Kier alpha value is -2.23. The van der Waals surface area contributed by atoms with Crippen molar-refractivity contribution in [3.05, 3.63) is 53.8 Å². The van der Waals surface area contributed by atoms with Gasteiger partial charge in [0.2, 0.25) is 0 Å². The van der Waals surface area contributed by atoms with Crippen LogP contribution in [-0.4, -0.2) is 14.2 Å². The minimum Gasteiger partial charge on any atom is -0.497 e. The van der Waals surface area contributed by atoms with E-state index in [4.69, 9.17) is 10.5 Å². The zero-order valence-electron chi connectivity index (χ0n) is 11.1. The number of methoxy groups -OCH3 is 1. The lowest BCUT2D eigenvalue weighted by Gasteiger charge is -2.20.